The number of nitrogens with one attached hydrogen (secondary N) is 1. The summed E-state index contributed by atoms with van der Waals surface area (Å²) in [5.41, 5.74) is 3.60. The third kappa shape index (κ3) is 6.87. The number of amides is 1. The molecule has 0 aliphatic heterocycles. The summed E-state index contributed by atoms with van der Waals surface area (Å²) in [7, 11) is 0. The van der Waals surface area contributed by atoms with Gasteiger partial charge in [-0.15, -0.1) is 0 Å². The largest absolute Gasteiger partial charge is 0.466 e. The Morgan fingerprint density at radius 2 is 1.72 bits per heavy atom. The van der Waals surface area contributed by atoms with E-state index in [2.05, 4.69) is 10.5 Å². The van der Waals surface area contributed by atoms with E-state index in [-0.39, 0.29) is 30.4 Å². The van der Waals surface area contributed by atoms with Gasteiger partial charge in [-0.1, -0.05) is 59.8 Å². The van der Waals surface area contributed by atoms with Gasteiger partial charge in [-0.25, -0.2) is 13.6 Å². The number of benzene rings is 3. The van der Waals surface area contributed by atoms with Crippen LogP contribution in [-0.4, -0.2) is 23.8 Å². The SMILES string of the molecule is CCOC(=O)Cc1ccc(F)c(Cc2ccc(-c3onc(C)c3NC(=O)O[C@H](C)c3ccccc3F)cc2)c1. The Balaban J connectivity index is 1.45. The average Bonchev–Trinajstić information content (AvgIpc) is 3.26. The molecule has 0 fully saturated rings. The number of carbonyl (C=O) groups excluding carboxylic acids is 2. The second-order valence-corrected chi connectivity index (χ2v) is 8.95. The van der Waals surface area contributed by atoms with Crippen LogP contribution in [0.3, 0.4) is 0 Å². The molecule has 9 heteroatoms. The molecule has 1 amide bonds. The van der Waals surface area contributed by atoms with Crippen molar-refractivity contribution in [1.82, 2.24) is 5.16 Å². The first-order chi connectivity index (χ1) is 18.7. The first-order valence-electron chi connectivity index (χ1n) is 12.5. The maximum atomic E-state index is 14.5. The number of rotatable bonds is 9. The van der Waals surface area contributed by atoms with Crippen molar-refractivity contribution in [1.29, 1.82) is 0 Å². The van der Waals surface area contributed by atoms with E-state index in [1.807, 2.05) is 12.1 Å². The maximum Gasteiger partial charge on any atom is 0.412 e. The molecule has 4 rings (SSSR count). The summed E-state index contributed by atoms with van der Waals surface area (Å²) in [5, 5.41) is 6.60. The molecule has 0 radical (unpaired) electrons. The molecular weight excluding hydrogens is 506 g/mol. The van der Waals surface area contributed by atoms with Crippen LogP contribution in [0.4, 0.5) is 19.3 Å². The molecule has 3 aromatic carbocycles. The van der Waals surface area contributed by atoms with Gasteiger partial charge in [0.2, 0.25) is 0 Å². The summed E-state index contributed by atoms with van der Waals surface area (Å²) in [4.78, 5) is 24.4. The Bertz CT molecular complexity index is 1470. The molecule has 1 heterocycles. The van der Waals surface area contributed by atoms with Gasteiger partial charge in [0.15, 0.2) is 5.76 Å². The second kappa shape index (κ2) is 12.3. The van der Waals surface area contributed by atoms with Crippen molar-refractivity contribution in [2.45, 2.75) is 39.7 Å². The zero-order valence-electron chi connectivity index (χ0n) is 21.8. The normalized spacial score (nSPS) is 11.6. The molecule has 39 heavy (non-hydrogen) atoms. The zero-order valence-corrected chi connectivity index (χ0v) is 21.8. The Kier molecular flexibility index (Phi) is 8.70. The van der Waals surface area contributed by atoms with Crippen LogP contribution in [0.1, 0.15) is 47.9 Å². The fourth-order valence-corrected chi connectivity index (χ4v) is 4.12. The summed E-state index contributed by atoms with van der Waals surface area (Å²) < 4.78 is 44.3. The van der Waals surface area contributed by atoms with Crippen LogP contribution in [0.15, 0.2) is 71.3 Å². The summed E-state index contributed by atoms with van der Waals surface area (Å²) in [5.74, 6) is -0.883. The van der Waals surface area contributed by atoms with E-state index in [0.29, 0.717) is 40.3 Å². The molecule has 1 aromatic heterocycles. The van der Waals surface area contributed by atoms with Crippen molar-refractivity contribution in [3.8, 4) is 11.3 Å². The lowest BCUT2D eigenvalue weighted by Gasteiger charge is -2.15. The van der Waals surface area contributed by atoms with E-state index in [1.165, 1.54) is 12.1 Å². The van der Waals surface area contributed by atoms with Gasteiger partial charge in [-0.05, 0) is 49.6 Å². The van der Waals surface area contributed by atoms with Crippen molar-refractivity contribution in [2.75, 3.05) is 11.9 Å². The minimum atomic E-state index is -0.815. The van der Waals surface area contributed by atoms with Crippen molar-refractivity contribution < 1.29 is 32.4 Å². The minimum Gasteiger partial charge on any atom is -0.466 e. The molecule has 202 valence electrons. The van der Waals surface area contributed by atoms with Crippen molar-refractivity contribution in [3.05, 3.63) is 106 Å². The van der Waals surface area contributed by atoms with Crippen molar-refractivity contribution in [3.63, 3.8) is 0 Å². The molecule has 7 nitrogen and oxygen atoms in total. The maximum absolute atomic E-state index is 14.5. The Hall–Kier alpha value is -4.53. The molecule has 1 atom stereocenters. The molecule has 0 aliphatic carbocycles. The lowest BCUT2D eigenvalue weighted by atomic mass is 9.99. The van der Waals surface area contributed by atoms with Crippen LogP contribution in [0, 0.1) is 18.6 Å². The summed E-state index contributed by atoms with van der Waals surface area (Å²) in [6.45, 7) is 5.27. The van der Waals surface area contributed by atoms with Crippen LogP contribution in [0.25, 0.3) is 11.3 Å². The molecular formula is C30H28F2N2O5. The number of esters is 1. The summed E-state index contributed by atoms with van der Waals surface area (Å²) >= 11 is 0. The Labute approximate surface area is 224 Å². The highest BCUT2D eigenvalue weighted by Crippen LogP contribution is 2.32. The van der Waals surface area contributed by atoms with Crippen LogP contribution in [0.2, 0.25) is 0 Å². The second-order valence-electron chi connectivity index (χ2n) is 8.95. The highest BCUT2D eigenvalue weighted by Gasteiger charge is 2.21. The first-order valence-corrected chi connectivity index (χ1v) is 12.5. The predicted octanol–water partition coefficient (Wildman–Crippen LogP) is 6.93. The van der Waals surface area contributed by atoms with Gasteiger partial charge in [0, 0.05) is 17.5 Å². The Morgan fingerprint density at radius 3 is 2.44 bits per heavy atom. The highest BCUT2D eigenvalue weighted by atomic mass is 19.1. The van der Waals surface area contributed by atoms with Gasteiger partial charge < -0.3 is 14.0 Å². The summed E-state index contributed by atoms with van der Waals surface area (Å²) in [6.07, 6.45) is -1.22. The number of carbonyl (C=O) groups is 2. The van der Waals surface area contributed by atoms with Gasteiger partial charge in [0.1, 0.15) is 29.1 Å². The van der Waals surface area contributed by atoms with Gasteiger partial charge in [0.05, 0.1) is 13.0 Å². The summed E-state index contributed by atoms with van der Waals surface area (Å²) in [6, 6.07) is 17.8. The number of halogens is 2. The topological polar surface area (TPSA) is 90.7 Å². The van der Waals surface area contributed by atoms with E-state index < -0.39 is 18.0 Å². The number of anilines is 1. The van der Waals surface area contributed by atoms with Gasteiger partial charge in [-0.2, -0.15) is 0 Å². The molecule has 0 unspecified atom stereocenters. The minimum absolute atomic E-state index is 0.0716. The number of hydrogen-bond acceptors (Lipinski definition) is 6. The molecule has 0 bridgehead atoms. The molecule has 0 saturated heterocycles. The quantitative estimate of drug-likeness (QED) is 0.234. The third-order valence-corrected chi connectivity index (χ3v) is 6.09. The fourth-order valence-electron chi connectivity index (χ4n) is 4.12. The predicted molar refractivity (Wildman–Crippen MR) is 141 cm³/mol. The van der Waals surface area contributed by atoms with Gasteiger partial charge in [0.25, 0.3) is 0 Å². The zero-order chi connectivity index (χ0) is 27.9. The standard InChI is InChI=1S/C30H28F2N2O5/c1-4-37-27(35)17-21-11-14-25(31)23(16-21)15-20-9-12-22(13-10-20)29-28(18(2)34-39-29)33-30(36)38-19(3)24-7-5-6-8-26(24)32/h5-14,16,19H,4,15,17H2,1-3H3,(H,33,36)/t19-/m1/s1. The number of hydrogen-bond donors (Lipinski definition) is 1. The molecule has 4 aromatic rings. The van der Waals surface area contributed by atoms with Crippen molar-refractivity contribution in [2.24, 2.45) is 0 Å². The van der Waals surface area contributed by atoms with E-state index in [0.717, 1.165) is 5.56 Å². The van der Waals surface area contributed by atoms with E-state index in [1.54, 1.807) is 63.2 Å². The lowest BCUT2D eigenvalue weighted by Crippen LogP contribution is -2.17. The van der Waals surface area contributed by atoms with Gasteiger partial charge in [-0.3, -0.25) is 10.1 Å². The molecule has 0 saturated carbocycles. The van der Waals surface area contributed by atoms with Crippen LogP contribution < -0.4 is 5.32 Å². The number of aromatic nitrogens is 1. The molecule has 1 N–H and O–H groups in total. The van der Waals surface area contributed by atoms with E-state index >= 15 is 0 Å². The van der Waals surface area contributed by atoms with E-state index in [9.17, 15) is 18.4 Å². The van der Waals surface area contributed by atoms with Gasteiger partial charge >= 0.3 is 12.1 Å². The van der Waals surface area contributed by atoms with E-state index in [4.69, 9.17) is 14.0 Å². The number of aryl methyl sites for hydroxylation is 1. The smallest absolute Gasteiger partial charge is 0.412 e. The highest BCUT2D eigenvalue weighted by molar-refractivity contribution is 5.90. The Morgan fingerprint density at radius 1 is 1.00 bits per heavy atom. The molecule has 0 spiro atoms. The fraction of sp³-hybridized carbons (Fsp3) is 0.233. The van der Waals surface area contributed by atoms with Crippen LogP contribution in [0.5, 0.6) is 0 Å². The molecule has 0 aliphatic rings. The first kappa shape index (κ1) is 27.5. The van der Waals surface area contributed by atoms with Crippen molar-refractivity contribution >= 4 is 17.7 Å². The lowest BCUT2D eigenvalue weighted by molar-refractivity contribution is -0.142. The number of nitrogens with zero attached hydrogens (tertiary/aromatic N) is 1. The van der Waals surface area contributed by atoms with Crippen LogP contribution in [-0.2, 0) is 27.1 Å². The monoisotopic (exact) mass is 534 g/mol. The average molecular weight is 535 g/mol. The number of ether oxygens (including phenoxy) is 2. The third-order valence-electron chi connectivity index (χ3n) is 6.09. The van der Waals surface area contributed by atoms with Crippen LogP contribution >= 0.6 is 0 Å².